The molecule has 2 N–H and O–H groups in total. The highest BCUT2D eigenvalue weighted by Gasteiger charge is 2.53. The van der Waals surface area contributed by atoms with Crippen LogP contribution < -0.4 is 20.4 Å². The molecule has 1 amide bonds. The lowest BCUT2D eigenvalue weighted by Gasteiger charge is -2.49. The third kappa shape index (κ3) is 5.88. The summed E-state index contributed by atoms with van der Waals surface area (Å²) in [6, 6.07) is 16.7. The number of thiazole rings is 2. The molecule has 55 heavy (non-hydrogen) atoms. The van der Waals surface area contributed by atoms with Crippen LogP contribution in [-0.2, 0) is 25.2 Å². The molecule has 8 rings (SSSR count). The van der Waals surface area contributed by atoms with Crippen LogP contribution in [0.2, 0.25) is 0 Å². The molecule has 11 heteroatoms. The summed E-state index contributed by atoms with van der Waals surface area (Å²) in [4.78, 5) is 57.0. The van der Waals surface area contributed by atoms with Crippen molar-refractivity contribution in [3.8, 4) is 0 Å². The molecule has 0 fully saturated rings. The largest absolute Gasteiger partial charge is 0.357 e. The molecule has 0 saturated heterocycles. The molecule has 2 aliphatic carbocycles. The standard InChI is InChI=1S/C44H50N6O3S2/c1-9-43(35-31(19-41(4,5)21-33(35)52)48-39-37(43)54-23-45-39)27-14-16-30(17-15-27)49(8)25-50-32-20-42(6,7)22-34(53)36(32)44(10-2,38-40(50)46-24-55-38)28-12-11-13-29(18-28)47-26(3)51/h11-18,23-24,48H,9-10,19-22,25H2,1-8H3,(H,47,51). The molecule has 2 aromatic carbocycles. The zero-order valence-electron chi connectivity index (χ0n) is 33.1. The van der Waals surface area contributed by atoms with Crippen LogP contribution in [-0.4, -0.2) is 41.2 Å². The molecule has 0 bridgehead atoms. The van der Waals surface area contributed by atoms with Crippen LogP contribution in [0.1, 0.15) is 108 Å². The van der Waals surface area contributed by atoms with Crippen molar-refractivity contribution in [2.45, 2.75) is 97.8 Å². The number of ketones is 2. The highest BCUT2D eigenvalue weighted by molar-refractivity contribution is 7.10. The number of rotatable bonds is 8. The highest BCUT2D eigenvalue weighted by atomic mass is 32.1. The summed E-state index contributed by atoms with van der Waals surface area (Å²) in [6.45, 7) is 15.0. The Morgan fingerprint density at radius 2 is 1.47 bits per heavy atom. The first-order valence-electron chi connectivity index (χ1n) is 19.3. The average Bonchev–Trinajstić information content (AvgIpc) is 3.81. The Morgan fingerprint density at radius 1 is 0.836 bits per heavy atom. The van der Waals surface area contributed by atoms with Crippen molar-refractivity contribution in [1.29, 1.82) is 0 Å². The van der Waals surface area contributed by atoms with Gasteiger partial charge in [-0.2, -0.15) is 0 Å². The predicted molar refractivity (Wildman–Crippen MR) is 223 cm³/mol. The van der Waals surface area contributed by atoms with Gasteiger partial charge in [-0.25, -0.2) is 9.97 Å². The van der Waals surface area contributed by atoms with E-state index in [0.717, 1.165) is 80.0 Å². The van der Waals surface area contributed by atoms with Gasteiger partial charge in [-0.3, -0.25) is 14.4 Å². The first kappa shape index (κ1) is 37.3. The van der Waals surface area contributed by atoms with Crippen LogP contribution in [0.4, 0.5) is 23.0 Å². The van der Waals surface area contributed by atoms with E-state index in [9.17, 15) is 14.4 Å². The number of nitrogens with one attached hydrogen (secondary N) is 2. The number of amides is 1. The second-order valence-electron chi connectivity index (χ2n) is 17.3. The van der Waals surface area contributed by atoms with E-state index >= 15 is 0 Å². The van der Waals surface area contributed by atoms with Gasteiger partial charge in [0.1, 0.15) is 11.6 Å². The van der Waals surface area contributed by atoms with E-state index in [0.29, 0.717) is 31.6 Å². The maximum absolute atomic E-state index is 14.5. The molecular weight excluding hydrogens is 725 g/mol. The Hall–Kier alpha value is -4.61. The average molecular weight is 775 g/mol. The van der Waals surface area contributed by atoms with Gasteiger partial charge in [0.25, 0.3) is 0 Å². The molecule has 4 aliphatic rings. The summed E-state index contributed by atoms with van der Waals surface area (Å²) < 4.78 is 0. The minimum atomic E-state index is -0.692. The Kier molecular flexibility index (Phi) is 9.00. The van der Waals surface area contributed by atoms with E-state index in [1.807, 2.05) is 29.2 Å². The maximum Gasteiger partial charge on any atom is 0.221 e. The van der Waals surface area contributed by atoms with Gasteiger partial charge < -0.3 is 20.4 Å². The third-order valence-corrected chi connectivity index (χ3v) is 14.2. The van der Waals surface area contributed by atoms with Crippen LogP contribution >= 0.6 is 22.7 Å². The number of hydrogen-bond donors (Lipinski definition) is 2. The lowest BCUT2D eigenvalue weighted by atomic mass is 9.61. The monoisotopic (exact) mass is 774 g/mol. The topological polar surface area (TPSA) is 108 Å². The lowest BCUT2D eigenvalue weighted by Crippen LogP contribution is -2.49. The molecule has 0 spiro atoms. The van der Waals surface area contributed by atoms with Gasteiger partial charge in [0.2, 0.25) is 5.91 Å². The van der Waals surface area contributed by atoms with Gasteiger partial charge in [-0.1, -0.05) is 65.8 Å². The fourth-order valence-electron chi connectivity index (χ4n) is 9.93. The first-order valence-corrected chi connectivity index (χ1v) is 21.1. The van der Waals surface area contributed by atoms with Crippen LogP contribution in [0.3, 0.4) is 0 Å². The van der Waals surface area contributed by atoms with E-state index < -0.39 is 10.8 Å². The number of anilines is 4. The van der Waals surface area contributed by atoms with Crippen LogP contribution in [0.15, 0.2) is 82.1 Å². The van der Waals surface area contributed by atoms with Crippen molar-refractivity contribution in [2.24, 2.45) is 10.8 Å². The Balaban J connectivity index is 1.19. The summed E-state index contributed by atoms with van der Waals surface area (Å²) in [5.41, 5.74) is 9.76. The number of nitrogens with zero attached hydrogens (tertiary/aromatic N) is 4. The number of hydrogen-bond acceptors (Lipinski definition) is 10. The SMILES string of the molecule is CCC1(c2ccc(N(C)CN3C4=C(C(=O)CC(C)(C)C4)C(CC)(c4cccc(NC(C)=O)c4)c4scnc43)cc2)C2=C(CC(C)(C)CC2=O)Nc2ncsc21. The van der Waals surface area contributed by atoms with Crippen molar-refractivity contribution < 1.29 is 14.4 Å². The Labute approximate surface area is 332 Å². The van der Waals surface area contributed by atoms with E-state index in [1.54, 1.807) is 22.7 Å². The number of carbonyl (C=O) groups excluding carboxylic acids is 3. The van der Waals surface area contributed by atoms with Crippen molar-refractivity contribution in [3.05, 3.63) is 103 Å². The molecule has 2 aliphatic heterocycles. The van der Waals surface area contributed by atoms with Gasteiger partial charge in [-0.05, 0) is 71.9 Å². The minimum Gasteiger partial charge on any atom is -0.357 e. The highest BCUT2D eigenvalue weighted by Crippen LogP contribution is 2.58. The van der Waals surface area contributed by atoms with E-state index in [4.69, 9.17) is 9.97 Å². The summed E-state index contributed by atoms with van der Waals surface area (Å²) in [5, 5.41) is 6.51. The predicted octanol–water partition coefficient (Wildman–Crippen LogP) is 9.58. The molecule has 0 saturated carbocycles. The second-order valence-corrected chi connectivity index (χ2v) is 19.0. The molecule has 286 valence electrons. The number of aromatic nitrogens is 2. The summed E-state index contributed by atoms with van der Waals surface area (Å²) in [5.74, 6) is 1.98. The summed E-state index contributed by atoms with van der Waals surface area (Å²) >= 11 is 3.21. The Morgan fingerprint density at radius 3 is 2.16 bits per heavy atom. The second kappa shape index (κ2) is 13.3. The first-order chi connectivity index (χ1) is 26.1. The molecule has 4 aromatic rings. The van der Waals surface area contributed by atoms with Gasteiger partial charge in [0.05, 0.1) is 38.3 Å². The molecule has 4 heterocycles. The number of benzene rings is 2. The van der Waals surface area contributed by atoms with Crippen molar-refractivity contribution >= 4 is 63.2 Å². The van der Waals surface area contributed by atoms with Crippen LogP contribution in [0.25, 0.3) is 0 Å². The number of carbonyl (C=O) groups is 3. The van der Waals surface area contributed by atoms with Crippen molar-refractivity contribution in [1.82, 2.24) is 9.97 Å². The molecule has 2 unspecified atom stereocenters. The van der Waals surface area contributed by atoms with Crippen molar-refractivity contribution in [2.75, 3.05) is 34.1 Å². The Bertz CT molecular complexity index is 2300. The van der Waals surface area contributed by atoms with E-state index in [2.05, 4.69) is 99.4 Å². The van der Waals surface area contributed by atoms with E-state index in [1.165, 1.54) is 6.92 Å². The third-order valence-electron chi connectivity index (χ3n) is 12.2. The molecule has 0 radical (unpaired) electrons. The van der Waals surface area contributed by atoms with Gasteiger partial charge in [-0.15, -0.1) is 22.7 Å². The quantitative estimate of drug-likeness (QED) is 0.182. The molecular formula is C44H50N6O3S2. The molecule has 2 aromatic heterocycles. The summed E-state index contributed by atoms with van der Waals surface area (Å²) in [7, 11) is 2.09. The number of allylic oxidation sites excluding steroid dienone is 4. The fraction of sp³-hybridized carbons (Fsp3) is 0.432. The molecule has 9 nitrogen and oxygen atoms in total. The van der Waals surface area contributed by atoms with Crippen LogP contribution in [0.5, 0.6) is 0 Å². The zero-order valence-corrected chi connectivity index (χ0v) is 34.7. The van der Waals surface area contributed by atoms with Gasteiger partial charge in [0.15, 0.2) is 11.6 Å². The lowest BCUT2D eigenvalue weighted by molar-refractivity contribution is -0.119. The van der Waals surface area contributed by atoms with Gasteiger partial charge >= 0.3 is 0 Å². The maximum atomic E-state index is 14.5. The number of Topliss-reactive ketones (excluding diaryl/α,β-unsaturated/α-hetero) is 2. The van der Waals surface area contributed by atoms with Crippen LogP contribution in [0, 0.1) is 10.8 Å². The minimum absolute atomic E-state index is 0.116. The van der Waals surface area contributed by atoms with Crippen molar-refractivity contribution in [3.63, 3.8) is 0 Å². The fourth-order valence-corrected chi connectivity index (χ4v) is 12.1. The van der Waals surface area contributed by atoms with E-state index in [-0.39, 0.29) is 28.3 Å². The number of fused-ring (bicyclic) bond motifs is 2. The zero-order chi connectivity index (χ0) is 39.1. The normalized spacial score (nSPS) is 23.7. The summed E-state index contributed by atoms with van der Waals surface area (Å²) in [6.07, 6.45) is 3.95. The smallest absolute Gasteiger partial charge is 0.221 e. The van der Waals surface area contributed by atoms with Gasteiger partial charge in [0, 0.05) is 60.7 Å². The molecule has 2 atom stereocenters.